The monoisotopic (exact) mass is 234 g/mol. The van der Waals surface area contributed by atoms with Crippen molar-refractivity contribution in [1.29, 1.82) is 0 Å². The van der Waals surface area contributed by atoms with E-state index in [-0.39, 0.29) is 0 Å². The topological polar surface area (TPSA) is 38.5 Å². The number of nitrogens with two attached hydrogens (primary N) is 1. The molecule has 2 rings (SSSR count). The van der Waals surface area contributed by atoms with E-state index in [2.05, 4.69) is 17.9 Å². The average Bonchev–Trinajstić information content (AvgIpc) is 2.73. The van der Waals surface area contributed by atoms with Crippen molar-refractivity contribution < 1.29 is 4.74 Å². The van der Waals surface area contributed by atoms with Crippen LogP contribution in [0.3, 0.4) is 0 Å². The normalized spacial score (nSPS) is 20.9. The first kappa shape index (κ1) is 12.4. The smallest absolute Gasteiger partial charge is 0.0503 e. The second-order valence-corrected chi connectivity index (χ2v) is 4.98. The van der Waals surface area contributed by atoms with Crippen molar-refractivity contribution >= 4 is 5.69 Å². The van der Waals surface area contributed by atoms with Gasteiger partial charge in [-0.2, -0.15) is 0 Å². The summed E-state index contributed by atoms with van der Waals surface area (Å²) in [5.74, 6) is 0.696. The maximum atomic E-state index is 5.93. The highest BCUT2D eigenvalue weighted by atomic mass is 16.5. The van der Waals surface area contributed by atoms with Crippen molar-refractivity contribution in [3.8, 4) is 0 Å². The molecule has 1 aliphatic heterocycles. The molecule has 1 aromatic carbocycles. The number of hydrogen-bond acceptors (Lipinski definition) is 3. The van der Waals surface area contributed by atoms with Crippen LogP contribution in [0.2, 0.25) is 0 Å². The van der Waals surface area contributed by atoms with Gasteiger partial charge in [-0.1, -0.05) is 12.1 Å². The molecule has 94 valence electrons. The molecular formula is C14H22N2O. The van der Waals surface area contributed by atoms with Crippen LogP contribution in [0.25, 0.3) is 0 Å². The molecule has 1 atom stereocenters. The highest BCUT2D eigenvalue weighted by Gasteiger charge is 2.22. The molecule has 0 amide bonds. The van der Waals surface area contributed by atoms with Gasteiger partial charge in [-0.15, -0.1) is 0 Å². The van der Waals surface area contributed by atoms with Crippen LogP contribution in [0.4, 0.5) is 5.69 Å². The lowest BCUT2D eigenvalue weighted by Gasteiger charge is -2.18. The van der Waals surface area contributed by atoms with Crippen LogP contribution in [0.15, 0.2) is 18.2 Å². The van der Waals surface area contributed by atoms with E-state index >= 15 is 0 Å². The van der Waals surface area contributed by atoms with Gasteiger partial charge < -0.3 is 10.5 Å². The average molecular weight is 234 g/mol. The second kappa shape index (κ2) is 5.52. The molecule has 2 N–H and O–H groups in total. The summed E-state index contributed by atoms with van der Waals surface area (Å²) in [6, 6.07) is 6.19. The Balaban J connectivity index is 1.96. The third-order valence-corrected chi connectivity index (χ3v) is 3.65. The molecule has 0 spiro atoms. The van der Waals surface area contributed by atoms with Gasteiger partial charge in [0, 0.05) is 25.9 Å². The van der Waals surface area contributed by atoms with Gasteiger partial charge in [0.05, 0.1) is 6.61 Å². The minimum atomic E-state index is 0.696. The number of likely N-dealkylation sites (tertiary alicyclic amines) is 1. The van der Waals surface area contributed by atoms with Crippen molar-refractivity contribution in [1.82, 2.24) is 4.90 Å². The molecule has 1 fully saturated rings. The molecule has 1 unspecified atom stereocenters. The summed E-state index contributed by atoms with van der Waals surface area (Å²) < 4.78 is 5.22. The van der Waals surface area contributed by atoms with E-state index in [1.54, 1.807) is 7.11 Å². The standard InChI is InChI=1S/C14H22N2O/c1-11-13(4-3-5-14(11)15)9-16-7-6-12(8-16)10-17-2/h3-5,12H,6-10,15H2,1-2H3. The fourth-order valence-electron chi connectivity index (χ4n) is 2.54. The van der Waals surface area contributed by atoms with Gasteiger partial charge in [0.15, 0.2) is 0 Å². The van der Waals surface area contributed by atoms with E-state index in [0.717, 1.165) is 25.4 Å². The first-order chi connectivity index (χ1) is 8.20. The highest BCUT2D eigenvalue weighted by Crippen LogP contribution is 2.22. The molecule has 1 saturated heterocycles. The number of ether oxygens (including phenoxy) is 1. The van der Waals surface area contributed by atoms with Crippen LogP contribution < -0.4 is 5.73 Å². The Morgan fingerprint density at radius 2 is 2.29 bits per heavy atom. The van der Waals surface area contributed by atoms with Crippen LogP contribution in [0.5, 0.6) is 0 Å². The van der Waals surface area contributed by atoms with E-state index in [4.69, 9.17) is 10.5 Å². The van der Waals surface area contributed by atoms with Gasteiger partial charge in [0.2, 0.25) is 0 Å². The second-order valence-electron chi connectivity index (χ2n) is 4.98. The predicted molar refractivity (Wildman–Crippen MR) is 70.9 cm³/mol. The van der Waals surface area contributed by atoms with Crippen molar-refractivity contribution in [3.63, 3.8) is 0 Å². The number of methoxy groups -OCH3 is 1. The predicted octanol–water partition coefficient (Wildman–Crippen LogP) is 2.05. The first-order valence-corrected chi connectivity index (χ1v) is 6.26. The number of nitrogens with zero attached hydrogens (tertiary/aromatic N) is 1. The molecule has 0 aromatic heterocycles. The number of benzene rings is 1. The number of anilines is 1. The van der Waals surface area contributed by atoms with Crippen molar-refractivity contribution in [2.45, 2.75) is 19.9 Å². The van der Waals surface area contributed by atoms with Crippen LogP contribution in [-0.2, 0) is 11.3 Å². The lowest BCUT2D eigenvalue weighted by Crippen LogP contribution is -2.21. The summed E-state index contributed by atoms with van der Waals surface area (Å²) >= 11 is 0. The van der Waals surface area contributed by atoms with Crippen LogP contribution in [-0.4, -0.2) is 31.7 Å². The van der Waals surface area contributed by atoms with Crippen molar-refractivity contribution in [2.24, 2.45) is 5.92 Å². The van der Waals surface area contributed by atoms with E-state index in [1.165, 1.54) is 24.1 Å². The fraction of sp³-hybridized carbons (Fsp3) is 0.571. The molecule has 3 heteroatoms. The first-order valence-electron chi connectivity index (χ1n) is 6.26. The molecule has 0 bridgehead atoms. The van der Waals surface area contributed by atoms with Crippen LogP contribution >= 0.6 is 0 Å². The zero-order valence-corrected chi connectivity index (χ0v) is 10.8. The van der Waals surface area contributed by atoms with Gasteiger partial charge in [-0.25, -0.2) is 0 Å². The van der Waals surface area contributed by atoms with Crippen molar-refractivity contribution in [3.05, 3.63) is 29.3 Å². The minimum Gasteiger partial charge on any atom is -0.399 e. The van der Waals surface area contributed by atoms with E-state index < -0.39 is 0 Å². The van der Waals surface area contributed by atoms with Gasteiger partial charge in [-0.05, 0) is 43.0 Å². The maximum absolute atomic E-state index is 5.93. The summed E-state index contributed by atoms with van der Waals surface area (Å²) in [4.78, 5) is 2.49. The Labute approximate surface area is 104 Å². The molecule has 17 heavy (non-hydrogen) atoms. The molecule has 1 aromatic rings. The Kier molecular flexibility index (Phi) is 4.02. The maximum Gasteiger partial charge on any atom is 0.0503 e. The lowest BCUT2D eigenvalue weighted by atomic mass is 10.1. The zero-order chi connectivity index (χ0) is 12.3. The van der Waals surface area contributed by atoms with Gasteiger partial charge in [-0.3, -0.25) is 4.90 Å². The summed E-state index contributed by atoms with van der Waals surface area (Å²) in [6.07, 6.45) is 1.25. The summed E-state index contributed by atoms with van der Waals surface area (Å²) in [5, 5.41) is 0. The summed E-state index contributed by atoms with van der Waals surface area (Å²) in [7, 11) is 1.78. The summed E-state index contributed by atoms with van der Waals surface area (Å²) in [5.41, 5.74) is 9.40. The fourth-order valence-corrected chi connectivity index (χ4v) is 2.54. The molecular weight excluding hydrogens is 212 g/mol. The lowest BCUT2D eigenvalue weighted by molar-refractivity contribution is 0.152. The van der Waals surface area contributed by atoms with E-state index in [1.807, 2.05) is 12.1 Å². The Bertz CT molecular complexity index is 378. The number of rotatable bonds is 4. The van der Waals surface area contributed by atoms with Gasteiger partial charge >= 0.3 is 0 Å². The zero-order valence-electron chi connectivity index (χ0n) is 10.8. The molecule has 0 aliphatic carbocycles. The Morgan fingerprint density at radius 3 is 3.06 bits per heavy atom. The third kappa shape index (κ3) is 2.99. The van der Waals surface area contributed by atoms with E-state index in [0.29, 0.717) is 5.92 Å². The highest BCUT2D eigenvalue weighted by molar-refractivity contribution is 5.49. The molecule has 0 radical (unpaired) electrons. The Hall–Kier alpha value is -1.06. The van der Waals surface area contributed by atoms with Crippen molar-refractivity contribution in [2.75, 3.05) is 32.5 Å². The van der Waals surface area contributed by atoms with Crippen LogP contribution in [0.1, 0.15) is 17.5 Å². The minimum absolute atomic E-state index is 0.696. The van der Waals surface area contributed by atoms with Gasteiger partial charge in [0.25, 0.3) is 0 Å². The molecule has 3 nitrogen and oxygen atoms in total. The van der Waals surface area contributed by atoms with Gasteiger partial charge in [0.1, 0.15) is 0 Å². The largest absolute Gasteiger partial charge is 0.399 e. The molecule has 1 heterocycles. The third-order valence-electron chi connectivity index (χ3n) is 3.65. The summed E-state index contributed by atoms with van der Waals surface area (Å²) in [6.45, 7) is 6.31. The number of hydrogen-bond donors (Lipinski definition) is 1. The quantitative estimate of drug-likeness (QED) is 0.810. The Morgan fingerprint density at radius 1 is 1.47 bits per heavy atom. The van der Waals surface area contributed by atoms with E-state index in [9.17, 15) is 0 Å². The number of nitrogen functional groups attached to an aromatic ring is 1. The SMILES string of the molecule is COCC1CCN(Cc2cccc(N)c2C)C1. The molecule has 1 aliphatic rings. The van der Waals surface area contributed by atoms with Crippen LogP contribution in [0, 0.1) is 12.8 Å². The molecule has 0 saturated carbocycles.